The van der Waals surface area contributed by atoms with Crippen molar-refractivity contribution in [3.05, 3.63) is 23.3 Å². The van der Waals surface area contributed by atoms with Crippen LogP contribution in [0.25, 0.3) is 0 Å². The van der Waals surface area contributed by atoms with Gasteiger partial charge in [-0.05, 0) is 33.3 Å². The summed E-state index contributed by atoms with van der Waals surface area (Å²) in [6.07, 6.45) is 0. The van der Waals surface area contributed by atoms with Gasteiger partial charge in [-0.25, -0.2) is 4.79 Å². The number of carbonyl (C=O) groups excluding carboxylic acids is 1. The third-order valence-corrected chi connectivity index (χ3v) is 2.88. The van der Waals surface area contributed by atoms with Gasteiger partial charge >= 0.3 is 5.97 Å². The maximum atomic E-state index is 11.4. The van der Waals surface area contributed by atoms with Crippen molar-refractivity contribution in [2.75, 3.05) is 0 Å². The molecule has 0 aromatic carbocycles. The molecule has 0 bridgehead atoms. The molecule has 2 heteroatoms. The number of carbonyl (C=O) groups is 1. The molecule has 0 amide bonds. The summed E-state index contributed by atoms with van der Waals surface area (Å²) in [5, 5.41) is 0. The summed E-state index contributed by atoms with van der Waals surface area (Å²) in [4.78, 5) is 11.4. The second-order valence-electron chi connectivity index (χ2n) is 4.51. The molecule has 0 spiro atoms. The van der Waals surface area contributed by atoms with Gasteiger partial charge < -0.3 is 4.74 Å². The molecule has 1 heterocycles. The van der Waals surface area contributed by atoms with E-state index in [1.165, 1.54) is 0 Å². The molecule has 1 rings (SSSR count). The van der Waals surface area contributed by atoms with Gasteiger partial charge in [-0.3, -0.25) is 0 Å². The SMILES string of the molecule is C=C(C)C(C)C1=C(C)C(=O)OC1(C)C. The smallest absolute Gasteiger partial charge is 0.334 e. The van der Waals surface area contributed by atoms with Crippen molar-refractivity contribution in [3.8, 4) is 0 Å². The molecule has 0 N–H and O–H groups in total. The highest BCUT2D eigenvalue weighted by Gasteiger charge is 2.40. The lowest BCUT2D eigenvalue weighted by Gasteiger charge is -2.26. The predicted molar refractivity (Wildman–Crippen MR) is 56.8 cm³/mol. The summed E-state index contributed by atoms with van der Waals surface area (Å²) >= 11 is 0. The number of hydrogen-bond donors (Lipinski definition) is 0. The lowest BCUT2D eigenvalue weighted by atomic mass is 9.83. The molecule has 0 saturated carbocycles. The first kappa shape index (κ1) is 11.0. The van der Waals surface area contributed by atoms with Crippen molar-refractivity contribution in [3.63, 3.8) is 0 Å². The lowest BCUT2D eigenvalue weighted by Crippen LogP contribution is -2.26. The molecule has 1 aliphatic rings. The quantitative estimate of drug-likeness (QED) is 0.499. The van der Waals surface area contributed by atoms with Gasteiger partial charge in [-0.2, -0.15) is 0 Å². The van der Waals surface area contributed by atoms with Crippen molar-refractivity contribution in [2.45, 2.75) is 40.2 Å². The van der Waals surface area contributed by atoms with Crippen LogP contribution >= 0.6 is 0 Å². The molecule has 1 aliphatic heterocycles. The van der Waals surface area contributed by atoms with Crippen LogP contribution in [0.5, 0.6) is 0 Å². The molecule has 2 nitrogen and oxygen atoms in total. The zero-order valence-corrected chi connectivity index (χ0v) is 9.60. The lowest BCUT2D eigenvalue weighted by molar-refractivity contribution is -0.144. The van der Waals surface area contributed by atoms with E-state index >= 15 is 0 Å². The average molecular weight is 194 g/mol. The third kappa shape index (κ3) is 1.61. The number of cyclic esters (lactones) is 1. The van der Waals surface area contributed by atoms with Gasteiger partial charge in [0.15, 0.2) is 0 Å². The number of allylic oxidation sites excluding steroid dienone is 1. The Morgan fingerprint density at radius 1 is 1.50 bits per heavy atom. The van der Waals surface area contributed by atoms with Gasteiger partial charge in [-0.1, -0.05) is 19.1 Å². The Labute approximate surface area is 85.6 Å². The Kier molecular flexibility index (Phi) is 2.57. The molecule has 0 radical (unpaired) electrons. The highest BCUT2D eigenvalue weighted by atomic mass is 16.6. The highest BCUT2D eigenvalue weighted by molar-refractivity contribution is 5.92. The van der Waals surface area contributed by atoms with E-state index in [2.05, 4.69) is 13.5 Å². The summed E-state index contributed by atoms with van der Waals surface area (Å²) in [6.45, 7) is 13.6. The maximum absolute atomic E-state index is 11.4. The van der Waals surface area contributed by atoms with Gasteiger partial charge in [0.2, 0.25) is 0 Å². The van der Waals surface area contributed by atoms with Crippen molar-refractivity contribution >= 4 is 5.97 Å². The second-order valence-corrected chi connectivity index (χ2v) is 4.51. The van der Waals surface area contributed by atoms with Crippen LogP contribution in [0.1, 0.15) is 34.6 Å². The Balaban J connectivity index is 3.17. The minimum absolute atomic E-state index is 0.196. The van der Waals surface area contributed by atoms with Gasteiger partial charge in [0.05, 0.1) is 0 Å². The molecule has 0 aromatic heterocycles. The number of esters is 1. The fourth-order valence-electron chi connectivity index (χ4n) is 2.02. The normalized spacial score (nSPS) is 22.2. The molecule has 0 saturated heterocycles. The maximum Gasteiger partial charge on any atom is 0.334 e. The van der Waals surface area contributed by atoms with Crippen LogP contribution in [0.15, 0.2) is 23.3 Å². The summed E-state index contributed by atoms with van der Waals surface area (Å²) in [5.74, 6) is 0.00884. The van der Waals surface area contributed by atoms with E-state index in [0.29, 0.717) is 0 Å². The topological polar surface area (TPSA) is 26.3 Å². The molecule has 14 heavy (non-hydrogen) atoms. The zero-order valence-electron chi connectivity index (χ0n) is 9.60. The summed E-state index contributed by atoms with van der Waals surface area (Å²) in [5.41, 5.74) is 2.39. The van der Waals surface area contributed by atoms with E-state index < -0.39 is 5.60 Å². The largest absolute Gasteiger partial charge is 0.452 e. The van der Waals surface area contributed by atoms with Crippen LogP contribution in [0.4, 0.5) is 0 Å². The van der Waals surface area contributed by atoms with Crippen LogP contribution in [0.2, 0.25) is 0 Å². The fraction of sp³-hybridized carbons (Fsp3) is 0.583. The van der Waals surface area contributed by atoms with Gasteiger partial charge in [0.25, 0.3) is 0 Å². The Bertz CT molecular complexity index is 321. The van der Waals surface area contributed by atoms with E-state index in [0.717, 1.165) is 16.7 Å². The van der Waals surface area contributed by atoms with Crippen molar-refractivity contribution in [1.82, 2.24) is 0 Å². The van der Waals surface area contributed by atoms with Crippen molar-refractivity contribution in [1.29, 1.82) is 0 Å². The number of ether oxygens (including phenoxy) is 1. The minimum atomic E-state index is -0.473. The predicted octanol–water partition coefficient (Wildman–Crippen LogP) is 2.85. The van der Waals surface area contributed by atoms with Crippen LogP contribution in [0.3, 0.4) is 0 Å². The Morgan fingerprint density at radius 2 is 2.00 bits per heavy atom. The first-order valence-corrected chi connectivity index (χ1v) is 4.87. The standard InChI is InChI=1S/C12H18O2/c1-7(2)8(3)10-9(4)11(13)14-12(10,5)6/h8H,1H2,2-6H3. The van der Waals surface area contributed by atoms with E-state index in [1.54, 1.807) is 0 Å². The monoisotopic (exact) mass is 194 g/mol. The summed E-state index contributed by atoms with van der Waals surface area (Å²) in [6, 6.07) is 0. The molecular weight excluding hydrogens is 176 g/mol. The molecule has 0 aliphatic carbocycles. The molecule has 1 unspecified atom stereocenters. The minimum Gasteiger partial charge on any atom is -0.452 e. The highest BCUT2D eigenvalue weighted by Crippen LogP contribution is 2.39. The van der Waals surface area contributed by atoms with Crippen LogP contribution in [-0.2, 0) is 9.53 Å². The molecule has 0 fully saturated rings. The average Bonchev–Trinajstić information content (AvgIpc) is 2.20. The summed E-state index contributed by atoms with van der Waals surface area (Å²) in [7, 11) is 0. The van der Waals surface area contributed by atoms with Crippen LogP contribution in [0, 0.1) is 5.92 Å². The van der Waals surface area contributed by atoms with Crippen molar-refractivity contribution < 1.29 is 9.53 Å². The van der Waals surface area contributed by atoms with E-state index in [4.69, 9.17) is 4.74 Å². The van der Waals surface area contributed by atoms with Crippen LogP contribution in [-0.4, -0.2) is 11.6 Å². The van der Waals surface area contributed by atoms with Crippen LogP contribution < -0.4 is 0 Å². The number of hydrogen-bond acceptors (Lipinski definition) is 2. The Morgan fingerprint density at radius 3 is 2.29 bits per heavy atom. The van der Waals surface area contributed by atoms with Crippen molar-refractivity contribution in [2.24, 2.45) is 5.92 Å². The fourth-order valence-corrected chi connectivity index (χ4v) is 2.02. The molecular formula is C12H18O2. The van der Waals surface area contributed by atoms with Gasteiger partial charge in [0.1, 0.15) is 5.60 Å². The number of rotatable bonds is 2. The molecule has 0 aromatic rings. The van der Waals surface area contributed by atoms with Gasteiger partial charge in [0, 0.05) is 11.5 Å². The second kappa shape index (κ2) is 3.26. The first-order chi connectivity index (χ1) is 6.27. The third-order valence-electron chi connectivity index (χ3n) is 2.88. The first-order valence-electron chi connectivity index (χ1n) is 4.87. The van der Waals surface area contributed by atoms with E-state index in [1.807, 2.05) is 27.7 Å². The molecule has 1 atom stereocenters. The van der Waals surface area contributed by atoms with E-state index in [9.17, 15) is 4.79 Å². The Hall–Kier alpha value is -1.05. The van der Waals surface area contributed by atoms with E-state index in [-0.39, 0.29) is 11.9 Å². The van der Waals surface area contributed by atoms with Gasteiger partial charge in [-0.15, -0.1) is 0 Å². The molecule has 78 valence electrons. The zero-order chi connectivity index (χ0) is 11.1. The summed E-state index contributed by atoms with van der Waals surface area (Å²) < 4.78 is 5.29.